The number of aryl methyl sites for hydroxylation is 1. The van der Waals surface area contributed by atoms with Crippen LogP contribution in [0.2, 0.25) is 0 Å². The van der Waals surface area contributed by atoms with Crippen LogP contribution in [-0.4, -0.2) is 23.3 Å². The first-order chi connectivity index (χ1) is 16.6. The number of fused-ring (bicyclic) bond motifs is 1. The fraction of sp³-hybridized carbons (Fsp3) is 0.214. The van der Waals surface area contributed by atoms with Gasteiger partial charge in [-0.2, -0.15) is 5.10 Å². The summed E-state index contributed by atoms with van der Waals surface area (Å²) in [5.74, 6) is 0.663. The van der Waals surface area contributed by atoms with E-state index in [1.54, 1.807) is 6.21 Å². The van der Waals surface area contributed by atoms with Crippen molar-refractivity contribution in [3.63, 3.8) is 0 Å². The van der Waals surface area contributed by atoms with E-state index in [-0.39, 0.29) is 5.91 Å². The highest BCUT2D eigenvalue weighted by atomic mass is 79.9. The summed E-state index contributed by atoms with van der Waals surface area (Å²) < 4.78 is 8.93. The van der Waals surface area contributed by atoms with Crippen LogP contribution < -0.4 is 10.2 Å². The molecule has 0 bridgehead atoms. The maximum Gasteiger partial charge on any atom is 0.240 e. The molecular weight excluding hydrogens is 490 g/mol. The number of rotatable bonds is 10. The van der Waals surface area contributed by atoms with Gasteiger partial charge >= 0.3 is 0 Å². The van der Waals surface area contributed by atoms with Gasteiger partial charge in [0.1, 0.15) is 5.75 Å². The molecule has 1 amide bonds. The van der Waals surface area contributed by atoms with Gasteiger partial charge in [-0.05, 0) is 58.1 Å². The highest BCUT2D eigenvalue weighted by Crippen LogP contribution is 2.26. The molecule has 0 radical (unpaired) electrons. The number of carbonyl (C=O) groups excluding carboxylic acids is 1. The molecule has 174 valence electrons. The quantitative estimate of drug-likeness (QED) is 0.152. The fourth-order valence-electron chi connectivity index (χ4n) is 3.81. The monoisotopic (exact) mass is 517 g/mol. The number of nitrogens with one attached hydrogen (secondary N) is 1. The van der Waals surface area contributed by atoms with E-state index in [2.05, 4.69) is 80.5 Å². The molecule has 4 aromatic rings. The van der Waals surface area contributed by atoms with Gasteiger partial charge in [0.2, 0.25) is 5.91 Å². The van der Waals surface area contributed by atoms with Crippen LogP contribution in [0.5, 0.6) is 5.75 Å². The van der Waals surface area contributed by atoms with Crippen LogP contribution in [0.25, 0.3) is 10.9 Å². The highest BCUT2D eigenvalue weighted by molar-refractivity contribution is 9.10. The number of ether oxygens (including phenoxy) is 1. The molecule has 0 aliphatic heterocycles. The maximum absolute atomic E-state index is 12.2. The van der Waals surface area contributed by atoms with Crippen molar-refractivity contribution in [3.05, 3.63) is 100 Å². The molecule has 6 heteroatoms. The number of hydrogen-bond acceptors (Lipinski definition) is 3. The van der Waals surface area contributed by atoms with Gasteiger partial charge in [0.25, 0.3) is 0 Å². The molecule has 0 atom stereocenters. The molecule has 4 rings (SSSR count). The van der Waals surface area contributed by atoms with E-state index in [1.165, 1.54) is 11.1 Å². The number of halogens is 1. The topological polar surface area (TPSA) is 55.6 Å². The van der Waals surface area contributed by atoms with Gasteiger partial charge in [-0.1, -0.05) is 61.5 Å². The van der Waals surface area contributed by atoms with Crippen molar-refractivity contribution < 1.29 is 9.53 Å². The summed E-state index contributed by atoms with van der Waals surface area (Å²) in [6.07, 6.45) is 5.72. The van der Waals surface area contributed by atoms with Gasteiger partial charge in [0.05, 0.1) is 17.3 Å². The minimum absolute atomic E-state index is 0.131. The van der Waals surface area contributed by atoms with Gasteiger partial charge in [-0.25, -0.2) is 5.43 Å². The zero-order valence-corrected chi connectivity index (χ0v) is 20.8. The molecule has 0 spiro atoms. The van der Waals surface area contributed by atoms with Gasteiger partial charge in [-0.3, -0.25) is 4.79 Å². The summed E-state index contributed by atoms with van der Waals surface area (Å²) >= 11 is 3.54. The minimum atomic E-state index is -0.131. The van der Waals surface area contributed by atoms with Crippen molar-refractivity contribution in [2.24, 2.45) is 5.10 Å². The fourth-order valence-corrected chi connectivity index (χ4v) is 4.36. The number of hydrazone groups is 1. The number of aromatic nitrogens is 1. The zero-order chi connectivity index (χ0) is 23.8. The Morgan fingerprint density at radius 2 is 1.85 bits per heavy atom. The van der Waals surface area contributed by atoms with Gasteiger partial charge in [0, 0.05) is 35.6 Å². The third-order valence-corrected chi connectivity index (χ3v) is 6.24. The molecule has 0 unspecified atom stereocenters. The summed E-state index contributed by atoms with van der Waals surface area (Å²) in [5, 5.41) is 5.30. The van der Waals surface area contributed by atoms with Crippen molar-refractivity contribution in [2.75, 3.05) is 6.61 Å². The molecule has 0 fully saturated rings. The molecule has 1 heterocycles. The van der Waals surface area contributed by atoms with E-state index in [0.29, 0.717) is 19.4 Å². The van der Waals surface area contributed by atoms with E-state index in [0.717, 1.165) is 39.7 Å². The summed E-state index contributed by atoms with van der Waals surface area (Å²) in [7, 11) is 0. The Morgan fingerprint density at radius 3 is 2.65 bits per heavy atom. The lowest BCUT2D eigenvalue weighted by atomic mass is 10.2. The van der Waals surface area contributed by atoms with Crippen molar-refractivity contribution >= 4 is 39.0 Å². The normalized spacial score (nSPS) is 11.2. The first kappa shape index (κ1) is 23.8. The first-order valence-corrected chi connectivity index (χ1v) is 12.3. The summed E-state index contributed by atoms with van der Waals surface area (Å²) in [4.78, 5) is 12.2. The van der Waals surface area contributed by atoms with E-state index in [9.17, 15) is 4.79 Å². The Hall–Kier alpha value is -3.38. The van der Waals surface area contributed by atoms with Crippen LogP contribution in [0.3, 0.4) is 0 Å². The first-order valence-electron chi connectivity index (χ1n) is 11.5. The van der Waals surface area contributed by atoms with Gasteiger partial charge in [-0.15, -0.1) is 0 Å². The Bertz CT molecular complexity index is 1280. The second kappa shape index (κ2) is 11.7. The predicted octanol–water partition coefficient (Wildman–Crippen LogP) is 6.32. The third kappa shape index (κ3) is 6.14. The van der Waals surface area contributed by atoms with E-state index in [1.807, 2.05) is 36.4 Å². The maximum atomic E-state index is 12.2. The third-order valence-electron chi connectivity index (χ3n) is 5.62. The second-order valence-corrected chi connectivity index (χ2v) is 8.93. The molecule has 0 aliphatic rings. The lowest BCUT2D eigenvalue weighted by molar-refractivity contribution is -0.121. The van der Waals surface area contributed by atoms with Crippen LogP contribution in [0.15, 0.2) is 88.6 Å². The number of nitrogens with zero attached hydrogens (tertiary/aromatic N) is 2. The number of carbonyl (C=O) groups is 1. The standard InChI is InChI=1S/C28H28BrN3O2/c1-2-21-14-15-27(25(29)17-21)34-16-8-13-28(33)31-30-18-23-20-32(19-22-9-4-3-5-10-22)26-12-7-6-11-24(23)26/h3-7,9-12,14-15,17-18,20H,2,8,13,16,19H2,1H3,(H,31,33)/b30-18+. The SMILES string of the molecule is CCc1ccc(OCCCC(=O)N/N=C/c2cn(Cc3ccccc3)c3ccccc23)c(Br)c1. The summed E-state index contributed by atoms with van der Waals surface area (Å²) in [6, 6.07) is 24.6. The Balaban J connectivity index is 1.30. The highest BCUT2D eigenvalue weighted by Gasteiger charge is 2.08. The molecule has 0 aliphatic carbocycles. The van der Waals surface area contributed by atoms with E-state index < -0.39 is 0 Å². The molecule has 1 aromatic heterocycles. The lowest BCUT2D eigenvalue weighted by Crippen LogP contribution is -2.18. The van der Waals surface area contributed by atoms with Crippen LogP contribution >= 0.6 is 15.9 Å². The van der Waals surface area contributed by atoms with Crippen LogP contribution in [0.1, 0.15) is 36.5 Å². The number of benzene rings is 3. The molecule has 3 aromatic carbocycles. The molecule has 0 saturated heterocycles. The average Bonchev–Trinajstić information content (AvgIpc) is 3.20. The van der Waals surface area contributed by atoms with Crippen molar-refractivity contribution in [3.8, 4) is 5.75 Å². The predicted molar refractivity (Wildman–Crippen MR) is 141 cm³/mol. The van der Waals surface area contributed by atoms with Gasteiger partial charge in [0.15, 0.2) is 0 Å². The molecule has 0 saturated carbocycles. The van der Waals surface area contributed by atoms with Crippen LogP contribution in [0.4, 0.5) is 0 Å². The van der Waals surface area contributed by atoms with E-state index >= 15 is 0 Å². The number of hydrogen-bond donors (Lipinski definition) is 1. The van der Waals surface area contributed by atoms with E-state index in [4.69, 9.17) is 4.74 Å². The molecular formula is C28H28BrN3O2. The zero-order valence-electron chi connectivity index (χ0n) is 19.2. The molecule has 1 N–H and O–H groups in total. The Labute approximate surface area is 208 Å². The largest absolute Gasteiger partial charge is 0.492 e. The van der Waals surface area contributed by atoms with Crippen molar-refractivity contribution in [1.29, 1.82) is 0 Å². The average molecular weight is 518 g/mol. The smallest absolute Gasteiger partial charge is 0.240 e. The second-order valence-electron chi connectivity index (χ2n) is 8.08. The number of amides is 1. The molecule has 5 nitrogen and oxygen atoms in total. The Morgan fingerprint density at radius 1 is 1.06 bits per heavy atom. The van der Waals surface area contributed by atoms with Gasteiger partial charge < -0.3 is 9.30 Å². The van der Waals surface area contributed by atoms with Crippen molar-refractivity contribution in [1.82, 2.24) is 9.99 Å². The lowest BCUT2D eigenvalue weighted by Gasteiger charge is -2.09. The Kier molecular flexibility index (Phi) is 8.15. The minimum Gasteiger partial charge on any atom is -0.492 e. The van der Waals surface area contributed by atoms with Crippen molar-refractivity contribution in [2.45, 2.75) is 32.7 Å². The number of para-hydroxylation sites is 1. The summed E-state index contributed by atoms with van der Waals surface area (Å²) in [6.45, 7) is 3.36. The summed E-state index contributed by atoms with van der Waals surface area (Å²) in [5.41, 5.74) is 7.22. The molecule has 34 heavy (non-hydrogen) atoms. The van der Waals surface area contributed by atoms with Crippen LogP contribution in [0, 0.1) is 0 Å². The van der Waals surface area contributed by atoms with Crippen LogP contribution in [-0.2, 0) is 17.8 Å².